The summed E-state index contributed by atoms with van der Waals surface area (Å²) in [6.07, 6.45) is 6.10. The fourth-order valence-electron chi connectivity index (χ4n) is 2.14. The number of amides is 1. The summed E-state index contributed by atoms with van der Waals surface area (Å²) in [7, 11) is 1.32. The molecule has 0 aliphatic heterocycles. The van der Waals surface area contributed by atoms with E-state index in [-0.39, 0.29) is 0 Å². The molecule has 5 heteroatoms. The molecule has 20 heavy (non-hydrogen) atoms. The lowest BCUT2D eigenvalue weighted by Crippen LogP contribution is -2.52. The van der Waals surface area contributed by atoms with Gasteiger partial charge in [0, 0.05) is 12.8 Å². The van der Waals surface area contributed by atoms with Gasteiger partial charge in [0.25, 0.3) is 5.91 Å². The molecule has 0 aromatic heterocycles. The summed E-state index contributed by atoms with van der Waals surface area (Å²) in [5.41, 5.74) is -0.961. The number of para-hydroxylation sites is 1. The minimum atomic E-state index is -1.55. The molecular formula is C15H15NO4. The van der Waals surface area contributed by atoms with Gasteiger partial charge in [-0.15, -0.1) is 0 Å². The molecular weight excluding hydrogens is 258 g/mol. The molecule has 0 fully saturated rings. The second kappa shape index (κ2) is 5.71. The monoisotopic (exact) mass is 273 g/mol. The number of aliphatic carboxylic acids is 1. The van der Waals surface area contributed by atoms with Crippen LogP contribution in [0.2, 0.25) is 0 Å². The summed E-state index contributed by atoms with van der Waals surface area (Å²) >= 11 is 0. The van der Waals surface area contributed by atoms with E-state index in [4.69, 9.17) is 4.74 Å². The number of carboxylic acids is 1. The highest BCUT2D eigenvalue weighted by atomic mass is 16.5. The molecule has 1 aromatic carbocycles. The molecule has 0 saturated heterocycles. The van der Waals surface area contributed by atoms with E-state index in [1.165, 1.54) is 19.3 Å². The highest BCUT2D eigenvalue weighted by Crippen LogP contribution is 2.30. The number of ether oxygens (including phenoxy) is 1. The number of nitrogens with one attached hydrogen (secondary N) is 1. The Kier molecular flexibility index (Phi) is 4.00. The zero-order valence-electron chi connectivity index (χ0n) is 10.9. The highest BCUT2D eigenvalue weighted by Gasteiger charge is 2.47. The number of carbonyl (C=O) groups excluding carboxylic acids is 1. The van der Waals surface area contributed by atoms with Crippen molar-refractivity contribution in [1.29, 1.82) is 0 Å². The van der Waals surface area contributed by atoms with E-state index in [2.05, 4.69) is 5.32 Å². The van der Waals surface area contributed by atoms with Gasteiger partial charge in [-0.05, 0) is 18.2 Å². The van der Waals surface area contributed by atoms with Gasteiger partial charge in [-0.3, -0.25) is 9.59 Å². The molecule has 104 valence electrons. The molecule has 0 heterocycles. The predicted molar refractivity (Wildman–Crippen MR) is 74.2 cm³/mol. The van der Waals surface area contributed by atoms with Crippen LogP contribution in [0.4, 0.5) is 5.69 Å². The highest BCUT2D eigenvalue weighted by molar-refractivity contribution is 6.02. The molecule has 1 amide bonds. The summed E-state index contributed by atoms with van der Waals surface area (Å²) in [5.74, 6) is -2.70. The Bertz CT molecular complexity index is 564. The summed E-state index contributed by atoms with van der Waals surface area (Å²) in [6, 6.07) is 8.82. The van der Waals surface area contributed by atoms with E-state index in [0.717, 1.165) is 0 Å². The fourth-order valence-corrected chi connectivity index (χ4v) is 2.14. The molecule has 2 rings (SSSR count). The lowest BCUT2D eigenvalue weighted by Gasteiger charge is -2.33. The van der Waals surface area contributed by atoms with Crippen molar-refractivity contribution < 1.29 is 19.4 Å². The van der Waals surface area contributed by atoms with E-state index in [0.29, 0.717) is 5.69 Å². The van der Waals surface area contributed by atoms with Gasteiger partial charge < -0.3 is 15.2 Å². The Morgan fingerprint density at radius 2 is 1.95 bits per heavy atom. The lowest BCUT2D eigenvalue weighted by molar-refractivity contribution is -0.154. The van der Waals surface area contributed by atoms with E-state index in [9.17, 15) is 14.7 Å². The minimum Gasteiger partial charge on any atom is -0.481 e. The van der Waals surface area contributed by atoms with Crippen LogP contribution in [0.5, 0.6) is 0 Å². The van der Waals surface area contributed by atoms with Crippen LogP contribution in [0, 0.1) is 5.92 Å². The Balaban J connectivity index is 2.30. The average Bonchev–Trinajstić information content (AvgIpc) is 2.47. The molecule has 5 nitrogen and oxygen atoms in total. The summed E-state index contributed by atoms with van der Waals surface area (Å²) in [6.45, 7) is 0. The van der Waals surface area contributed by atoms with Crippen molar-refractivity contribution in [3.63, 3.8) is 0 Å². The Hall–Kier alpha value is -2.40. The first-order valence-electron chi connectivity index (χ1n) is 6.10. The van der Waals surface area contributed by atoms with Crippen molar-refractivity contribution in [3.8, 4) is 0 Å². The van der Waals surface area contributed by atoms with Crippen LogP contribution >= 0.6 is 0 Å². The number of hydrogen-bond donors (Lipinski definition) is 2. The second-order valence-corrected chi connectivity index (χ2v) is 4.38. The van der Waals surface area contributed by atoms with E-state index >= 15 is 0 Å². The minimum absolute atomic E-state index is 0.515. The zero-order valence-corrected chi connectivity index (χ0v) is 10.9. The molecule has 0 saturated carbocycles. The lowest BCUT2D eigenvalue weighted by atomic mass is 9.82. The quantitative estimate of drug-likeness (QED) is 0.877. The Morgan fingerprint density at radius 1 is 1.25 bits per heavy atom. The maximum absolute atomic E-state index is 12.5. The number of hydrogen-bond acceptors (Lipinski definition) is 3. The molecule has 0 spiro atoms. The number of carbonyl (C=O) groups is 2. The molecule has 0 bridgehead atoms. The second-order valence-electron chi connectivity index (χ2n) is 4.38. The SMILES string of the molecule is COC1(C(=O)Nc2ccccc2)C=CC=CC1C(=O)O. The normalized spacial score (nSPS) is 24.4. The third kappa shape index (κ3) is 2.48. The van der Waals surface area contributed by atoms with Crippen LogP contribution < -0.4 is 5.32 Å². The number of benzene rings is 1. The molecule has 2 unspecified atom stereocenters. The van der Waals surface area contributed by atoms with Gasteiger partial charge in [0.15, 0.2) is 5.60 Å². The number of methoxy groups -OCH3 is 1. The molecule has 0 radical (unpaired) electrons. The molecule has 1 aliphatic rings. The van der Waals surface area contributed by atoms with E-state index in [1.54, 1.807) is 36.4 Å². The van der Waals surface area contributed by atoms with Crippen LogP contribution in [0.15, 0.2) is 54.6 Å². The fraction of sp³-hybridized carbons (Fsp3) is 0.200. The third-order valence-electron chi connectivity index (χ3n) is 3.21. The van der Waals surface area contributed by atoms with Crippen molar-refractivity contribution in [3.05, 3.63) is 54.6 Å². The Labute approximate surface area is 116 Å². The van der Waals surface area contributed by atoms with Gasteiger partial charge in [0.05, 0.1) is 0 Å². The topological polar surface area (TPSA) is 75.6 Å². The predicted octanol–water partition coefficient (Wildman–Crippen LogP) is 1.84. The van der Waals surface area contributed by atoms with Crippen LogP contribution in [-0.4, -0.2) is 29.7 Å². The van der Waals surface area contributed by atoms with Gasteiger partial charge in [-0.2, -0.15) is 0 Å². The van der Waals surface area contributed by atoms with Gasteiger partial charge in [0.1, 0.15) is 5.92 Å². The van der Waals surface area contributed by atoms with Crippen LogP contribution in [0.1, 0.15) is 0 Å². The first-order chi connectivity index (χ1) is 9.60. The van der Waals surface area contributed by atoms with Crippen LogP contribution in [-0.2, 0) is 14.3 Å². The van der Waals surface area contributed by atoms with E-state index in [1.807, 2.05) is 6.07 Å². The molecule has 2 N–H and O–H groups in total. The van der Waals surface area contributed by atoms with Gasteiger partial charge in [-0.25, -0.2) is 0 Å². The number of rotatable bonds is 4. The largest absolute Gasteiger partial charge is 0.481 e. The summed E-state index contributed by atoms with van der Waals surface area (Å²) in [4.78, 5) is 23.8. The summed E-state index contributed by atoms with van der Waals surface area (Å²) in [5, 5.41) is 12.0. The molecule has 1 aromatic rings. The smallest absolute Gasteiger partial charge is 0.314 e. The van der Waals surface area contributed by atoms with Crippen LogP contribution in [0.3, 0.4) is 0 Å². The van der Waals surface area contributed by atoms with Crippen molar-refractivity contribution in [2.24, 2.45) is 5.92 Å². The van der Waals surface area contributed by atoms with Crippen molar-refractivity contribution in [1.82, 2.24) is 0 Å². The van der Waals surface area contributed by atoms with Gasteiger partial charge in [0.2, 0.25) is 0 Å². The van der Waals surface area contributed by atoms with Crippen molar-refractivity contribution >= 4 is 17.6 Å². The van der Waals surface area contributed by atoms with Gasteiger partial charge >= 0.3 is 5.97 Å². The maximum Gasteiger partial charge on any atom is 0.314 e. The van der Waals surface area contributed by atoms with Crippen molar-refractivity contribution in [2.45, 2.75) is 5.60 Å². The Morgan fingerprint density at radius 3 is 2.55 bits per heavy atom. The number of allylic oxidation sites excluding steroid dienone is 2. The third-order valence-corrected chi connectivity index (χ3v) is 3.21. The standard InChI is InChI=1S/C15H15NO4/c1-20-15(10-6-5-9-12(15)13(17)18)14(19)16-11-7-3-2-4-8-11/h2-10,12H,1H3,(H,16,19)(H,17,18). The van der Waals surface area contributed by atoms with Gasteiger partial charge in [-0.1, -0.05) is 36.4 Å². The number of carboxylic acid groups (broad SMARTS) is 1. The van der Waals surface area contributed by atoms with Crippen LogP contribution in [0.25, 0.3) is 0 Å². The number of anilines is 1. The maximum atomic E-state index is 12.5. The first-order valence-corrected chi connectivity index (χ1v) is 6.10. The first kappa shape index (κ1) is 14.0. The summed E-state index contributed by atoms with van der Waals surface area (Å²) < 4.78 is 5.26. The molecule has 1 aliphatic carbocycles. The molecule has 2 atom stereocenters. The van der Waals surface area contributed by atoms with Crippen molar-refractivity contribution in [2.75, 3.05) is 12.4 Å². The zero-order chi connectivity index (χ0) is 14.6. The van der Waals surface area contributed by atoms with E-state index < -0.39 is 23.4 Å². The average molecular weight is 273 g/mol.